The Balaban J connectivity index is 1.70. The molecule has 0 fully saturated rings. The topological polar surface area (TPSA) is 55.6 Å². The molecule has 2 heterocycles. The number of fused-ring (bicyclic) bond motifs is 1. The first-order chi connectivity index (χ1) is 10.3. The van der Waals surface area contributed by atoms with Gasteiger partial charge in [0.25, 0.3) is 0 Å². The van der Waals surface area contributed by atoms with Gasteiger partial charge >= 0.3 is 0 Å². The van der Waals surface area contributed by atoms with E-state index in [0.29, 0.717) is 0 Å². The summed E-state index contributed by atoms with van der Waals surface area (Å²) in [5.74, 6) is 0.779. The summed E-state index contributed by atoms with van der Waals surface area (Å²) in [6.45, 7) is 3.70. The van der Waals surface area contributed by atoms with Crippen LogP contribution >= 0.6 is 11.6 Å². The average Bonchev–Trinajstić information content (AvgIpc) is 2.93. The number of nitrogens with one attached hydrogen (secondary N) is 1. The van der Waals surface area contributed by atoms with Crippen LogP contribution in [0.4, 0.5) is 5.82 Å². The van der Waals surface area contributed by atoms with Crippen molar-refractivity contribution >= 4 is 28.6 Å². The molecule has 108 valence electrons. The van der Waals surface area contributed by atoms with E-state index >= 15 is 0 Å². The Morgan fingerprint density at radius 1 is 1.14 bits per heavy atom. The van der Waals surface area contributed by atoms with E-state index in [9.17, 15) is 0 Å². The fourth-order valence-electron chi connectivity index (χ4n) is 2.22. The van der Waals surface area contributed by atoms with E-state index < -0.39 is 0 Å². The first-order valence-corrected chi connectivity index (χ1v) is 7.30. The lowest BCUT2D eigenvalue weighted by atomic mass is 10.1. The Kier molecular flexibility index (Phi) is 4.01. The lowest BCUT2D eigenvalue weighted by Gasteiger charge is -2.06. The molecular weight excluding hydrogens is 286 g/mol. The van der Waals surface area contributed by atoms with Gasteiger partial charge in [0.2, 0.25) is 0 Å². The van der Waals surface area contributed by atoms with Crippen LogP contribution in [0.3, 0.4) is 0 Å². The molecule has 21 heavy (non-hydrogen) atoms. The third kappa shape index (κ3) is 2.97. The number of nitrogens with zero attached hydrogens (tertiary/aromatic N) is 4. The largest absolute Gasteiger partial charge is 0.368 e. The zero-order valence-electron chi connectivity index (χ0n) is 11.8. The second-order valence-electron chi connectivity index (χ2n) is 4.73. The summed E-state index contributed by atoms with van der Waals surface area (Å²) in [5.41, 5.74) is 2.91. The molecule has 1 aromatic carbocycles. The molecule has 3 rings (SSSR count). The highest BCUT2D eigenvalue weighted by Gasteiger charge is 2.08. The van der Waals surface area contributed by atoms with E-state index in [0.717, 1.165) is 41.5 Å². The Morgan fingerprint density at radius 2 is 1.95 bits per heavy atom. The lowest BCUT2D eigenvalue weighted by molar-refractivity contribution is 0.777. The highest BCUT2D eigenvalue weighted by molar-refractivity contribution is 6.30. The Labute approximate surface area is 128 Å². The van der Waals surface area contributed by atoms with Crippen molar-refractivity contribution in [3.63, 3.8) is 0 Å². The van der Waals surface area contributed by atoms with Crippen LogP contribution in [0, 0.1) is 0 Å². The summed E-state index contributed by atoms with van der Waals surface area (Å²) < 4.78 is 2.00. The molecule has 6 heteroatoms. The van der Waals surface area contributed by atoms with Crippen molar-refractivity contribution in [3.05, 3.63) is 47.5 Å². The number of hydrogen-bond donors (Lipinski definition) is 1. The summed E-state index contributed by atoms with van der Waals surface area (Å²) in [7, 11) is 0. The molecule has 0 aliphatic carbocycles. The van der Waals surface area contributed by atoms with E-state index in [1.54, 1.807) is 12.7 Å². The summed E-state index contributed by atoms with van der Waals surface area (Å²) >= 11 is 5.88. The normalized spacial score (nSPS) is 11.0. The van der Waals surface area contributed by atoms with Crippen LogP contribution < -0.4 is 5.32 Å². The van der Waals surface area contributed by atoms with Gasteiger partial charge in [-0.1, -0.05) is 23.7 Å². The number of benzene rings is 1. The quantitative estimate of drug-likeness (QED) is 0.786. The number of rotatable bonds is 5. The van der Waals surface area contributed by atoms with Crippen molar-refractivity contribution < 1.29 is 0 Å². The van der Waals surface area contributed by atoms with Gasteiger partial charge in [-0.05, 0) is 31.0 Å². The molecule has 1 N–H and O–H groups in total. The van der Waals surface area contributed by atoms with Gasteiger partial charge in [-0.25, -0.2) is 15.0 Å². The Hall–Kier alpha value is -2.14. The lowest BCUT2D eigenvalue weighted by Crippen LogP contribution is -2.07. The van der Waals surface area contributed by atoms with Gasteiger partial charge in [0.1, 0.15) is 11.8 Å². The van der Waals surface area contributed by atoms with Crippen molar-refractivity contribution in [1.82, 2.24) is 19.5 Å². The second kappa shape index (κ2) is 6.10. The summed E-state index contributed by atoms with van der Waals surface area (Å²) in [6, 6.07) is 7.88. The van der Waals surface area contributed by atoms with Crippen LogP contribution in [0.2, 0.25) is 5.02 Å². The number of aromatic nitrogens is 4. The maximum atomic E-state index is 5.88. The first kappa shape index (κ1) is 13.8. The molecule has 5 nitrogen and oxygen atoms in total. The molecule has 0 aliphatic rings. The zero-order chi connectivity index (χ0) is 14.7. The van der Waals surface area contributed by atoms with E-state index in [1.807, 2.05) is 28.8 Å². The third-order valence-corrected chi connectivity index (χ3v) is 3.61. The minimum atomic E-state index is 0.759. The van der Waals surface area contributed by atoms with Crippen LogP contribution in [0.5, 0.6) is 0 Å². The van der Waals surface area contributed by atoms with Gasteiger partial charge in [-0.15, -0.1) is 0 Å². The molecule has 3 aromatic rings. The van der Waals surface area contributed by atoms with Crippen molar-refractivity contribution in [2.24, 2.45) is 0 Å². The smallest absolute Gasteiger partial charge is 0.165 e. The second-order valence-corrected chi connectivity index (χ2v) is 5.16. The Bertz CT molecular complexity index is 735. The summed E-state index contributed by atoms with van der Waals surface area (Å²) in [6.07, 6.45) is 4.27. The van der Waals surface area contributed by atoms with E-state index in [-0.39, 0.29) is 0 Å². The van der Waals surface area contributed by atoms with Gasteiger partial charge in [-0.3, -0.25) is 0 Å². The van der Waals surface area contributed by atoms with E-state index in [2.05, 4.69) is 27.2 Å². The molecule has 0 unspecified atom stereocenters. The van der Waals surface area contributed by atoms with Crippen LogP contribution in [0.15, 0.2) is 36.9 Å². The molecule has 0 saturated carbocycles. The van der Waals surface area contributed by atoms with Crippen LogP contribution in [-0.2, 0) is 13.0 Å². The molecule has 0 atom stereocenters. The number of aryl methyl sites for hydroxylation is 1. The van der Waals surface area contributed by atoms with Gasteiger partial charge in [-0.2, -0.15) is 0 Å². The number of hydrogen-bond acceptors (Lipinski definition) is 4. The van der Waals surface area contributed by atoms with Crippen molar-refractivity contribution in [3.8, 4) is 0 Å². The number of imidazole rings is 1. The molecule has 2 aromatic heterocycles. The summed E-state index contributed by atoms with van der Waals surface area (Å²) in [5, 5.41) is 4.09. The molecular formula is C15H16ClN5. The van der Waals surface area contributed by atoms with Gasteiger partial charge < -0.3 is 9.88 Å². The fourth-order valence-corrected chi connectivity index (χ4v) is 2.34. The standard InChI is InChI=1S/C15H16ClN5/c1-2-21-10-20-13-14(18-9-19-15(13)21)17-8-7-11-3-5-12(16)6-4-11/h3-6,9-10H,2,7-8H2,1H3,(H,17,18,19). The van der Waals surface area contributed by atoms with Crippen LogP contribution in [-0.4, -0.2) is 26.1 Å². The third-order valence-electron chi connectivity index (χ3n) is 3.36. The van der Waals surface area contributed by atoms with E-state index in [4.69, 9.17) is 11.6 Å². The first-order valence-electron chi connectivity index (χ1n) is 6.92. The van der Waals surface area contributed by atoms with Gasteiger partial charge in [0.15, 0.2) is 11.5 Å². The highest BCUT2D eigenvalue weighted by atomic mass is 35.5. The van der Waals surface area contributed by atoms with E-state index in [1.165, 1.54) is 5.56 Å². The zero-order valence-corrected chi connectivity index (χ0v) is 12.5. The summed E-state index contributed by atoms with van der Waals surface area (Å²) in [4.78, 5) is 12.9. The molecule has 0 saturated heterocycles. The maximum absolute atomic E-state index is 5.88. The number of halogens is 1. The fraction of sp³-hybridized carbons (Fsp3) is 0.267. The SMILES string of the molecule is CCn1cnc2c(NCCc3ccc(Cl)cc3)ncnc21. The van der Waals surface area contributed by atoms with Gasteiger partial charge in [0, 0.05) is 18.1 Å². The predicted molar refractivity (Wildman–Crippen MR) is 84.6 cm³/mol. The predicted octanol–water partition coefficient (Wildman–Crippen LogP) is 3.15. The van der Waals surface area contributed by atoms with Crippen molar-refractivity contribution in [2.45, 2.75) is 19.9 Å². The molecule has 0 radical (unpaired) electrons. The minimum Gasteiger partial charge on any atom is -0.368 e. The Morgan fingerprint density at radius 3 is 2.71 bits per heavy atom. The molecule has 0 spiro atoms. The minimum absolute atomic E-state index is 0.759. The molecule has 0 amide bonds. The van der Waals surface area contributed by atoms with Crippen molar-refractivity contribution in [1.29, 1.82) is 0 Å². The maximum Gasteiger partial charge on any atom is 0.165 e. The molecule has 0 bridgehead atoms. The average molecular weight is 302 g/mol. The monoisotopic (exact) mass is 301 g/mol. The van der Waals surface area contributed by atoms with Gasteiger partial charge in [0.05, 0.1) is 6.33 Å². The highest BCUT2D eigenvalue weighted by Crippen LogP contribution is 2.17. The van der Waals surface area contributed by atoms with Crippen LogP contribution in [0.1, 0.15) is 12.5 Å². The molecule has 0 aliphatic heterocycles. The number of anilines is 1. The van der Waals surface area contributed by atoms with Crippen LogP contribution in [0.25, 0.3) is 11.2 Å². The van der Waals surface area contributed by atoms with Crippen molar-refractivity contribution in [2.75, 3.05) is 11.9 Å².